The Morgan fingerprint density at radius 2 is 2.15 bits per heavy atom. The molecule has 1 aromatic heterocycles. The van der Waals surface area contributed by atoms with Crippen molar-refractivity contribution in [2.75, 3.05) is 18.0 Å². The summed E-state index contributed by atoms with van der Waals surface area (Å²) in [6, 6.07) is 0. The van der Waals surface area contributed by atoms with E-state index < -0.39 is 5.97 Å². The molecular formula is C11H19N5O3S. The highest BCUT2D eigenvalue weighted by Gasteiger charge is 2.13. The van der Waals surface area contributed by atoms with Crippen molar-refractivity contribution >= 4 is 29.6 Å². The lowest BCUT2D eigenvalue weighted by atomic mass is 10.2. The molecule has 1 heterocycles. The Morgan fingerprint density at radius 1 is 1.45 bits per heavy atom. The first-order valence-corrected chi connectivity index (χ1v) is 7.18. The number of nitrogens with zero attached hydrogens (tertiary/aromatic N) is 3. The number of nitrogens with two attached hydrogens (primary N) is 1. The molecule has 0 aliphatic carbocycles. The summed E-state index contributed by atoms with van der Waals surface area (Å²) in [6.45, 7) is 4.97. The van der Waals surface area contributed by atoms with E-state index in [9.17, 15) is 9.59 Å². The van der Waals surface area contributed by atoms with Crippen molar-refractivity contribution in [1.82, 2.24) is 20.1 Å². The molecule has 0 aromatic carbocycles. The molecule has 20 heavy (non-hydrogen) atoms. The first-order valence-electron chi connectivity index (χ1n) is 6.20. The van der Waals surface area contributed by atoms with E-state index in [4.69, 9.17) is 10.8 Å². The fourth-order valence-electron chi connectivity index (χ4n) is 1.36. The van der Waals surface area contributed by atoms with Gasteiger partial charge in [0.05, 0.1) is 5.75 Å². The van der Waals surface area contributed by atoms with E-state index in [-0.39, 0.29) is 24.0 Å². The van der Waals surface area contributed by atoms with Gasteiger partial charge in [0.25, 0.3) is 0 Å². The third kappa shape index (κ3) is 5.47. The summed E-state index contributed by atoms with van der Waals surface area (Å²) < 4.78 is 1.54. The van der Waals surface area contributed by atoms with Crippen LogP contribution in [0.3, 0.4) is 0 Å². The number of hydrogen-bond donors (Lipinski definition) is 3. The minimum atomic E-state index is -0.946. The molecule has 0 fully saturated rings. The zero-order valence-corrected chi connectivity index (χ0v) is 12.3. The first-order chi connectivity index (χ1) is 9.40. The Labute approximate surface area is 121 Å². The number of anilines is 1. The normalized spacial score (nSPS) is 10.8. The molecule has 1 aromatic rings. The van der Waals surface area contributed by atoms with Gasteiger partial charge in [-0.2, -0.15) is 0 Å². The Bertz CT molecular complexity index is 475. The molecule has 0 bridgehead atoms. The van der Waals surface area contributed by atoms with Gasteiger partial charge in [-0.1, -0.05) is 25.6 Å². The van der Waals surface area contributed by atoms with Crippen LogP contribution >= 0.6 is 11.8 Å². The van der Waals surface area contributed by atoms with Gasteiger partial charge >= 0.3 is 5.97 Å². The zero-order chi connectivity index (χ0) is 15.1. The van der Waals surface area contributed by atoms with Gasteiger partial charge in [-0.15, -0.1) is 10.2 Å². The van der Waals surface area contributed by atoms with Crippen molar-refractivity contribution in [3.05, 3.63) is 0 Å². The summed E-state index contributed by atoms with van der Waals surface area (Å²) in [5, 5.41) is 19.3. The maximum absolute atomic E-state index is 11.6. The molecule has 0 aliphatic heterocycles. The molecule has 0 saturated carbocycles. The van der Waals surface area contributed by atoms with E-state index in [1.165, 1.54) is 0 Å². The molecule has 0 saturated heterocycles. The molecule has 0 aliphatic rings. The predicted octanol–water partition coefficient (Wildman–Crippen LogP) is 0.199. The number of nitrogens with one attached hydrogen (secondary N) is 1. The van der Waals surface area contributed by atoms with Crippen molar-refractivity contribution < 1.29 is 14.7 Å². The van der Waals surface area contributed by atoms with Crippen LogP contribution in [0.4, 0.5) is 5.95 Å². The standard InChI is InChI=1S/C11H19N5O3S/c1-7(2)5-13-8(17)3-4-16-10(12)14-15-11(16)20-6-9(18)19/h7H,3-6H2,1-2H3,(H2,12,14)(H,13,17)(H,18,19). The number of carbonyl (C=O) groups excluding carboxylic acids is 1. The number of carbonyl (C=O) groups is 2. The number of nitrogen functional groups attached to an aromatic ring is 1. The molecule has 0 unspecified atom stereocenters. The van der Waals surface area contributed by atoms with Crippen molar-refractivity contribution in [1.29, 1.82) is 0 Å². The highest BCUT2D eigenvalue weighted by molar-refractivity contribution is 7.99. The number of aromatic nitrogens is 3. The average molecular weight is 301 g/mol. The highest BCUT2D eigenvalue weighted by Crippen LogP contribution is 2.18. The Morgan fingerprint density at radius 3 is 2.75 bits per heavy atom. The number of rotatable bonds is 8. The minimum absolute atomic E-state index is 0.0824. The molecule has 1 rings (SSSR count). The molecular weight excluding hydrogens is 282 g/mol. The highest BCUT2D eigenvalue weighted by atomic mass is 32.2. The van der Waals surface area contributed by atoms with Gasteiger partial charge in [-0.3, -0.25) is 14.2 Å². The molecule has 9 heteroatoms. The monoisotopic (exact) mass is 301 g/mol. The predicted molar refractivity (Wildman–Crippen MR) is 75.3 cm³/mol. The number of amides is 1. The molecule has 0 spiro atoms. The Balaban J connectivity index is 2.52. The van der Waals surface area contributed by atoms with Crippen LogP contribution in [0.1, 0.15) is 20.3 Å². The van der Waals surface area contributed by atoms with Crippen molar-refractivity contribution in [3.63, 3.8) is 0 Å². The summed E-state index contributed by atoms with van der Waals surface area (Å²) in [5.74, 6) is -0.591. The Hall–Kier alpha value is -1.77. The second-order valence-electron chi connectivity index (χ2n) is 4.62. The topological polar surface area (TPSA) is 123 Å². The van der Waals surface area contributed by atoms with Gasteiger partial charge in [0.1, 0.15) is 0 Å². The maximum Gasteiger partial charge on any atom is 0.313 e. The summed E-state index contributed by atoms with van der Waals surface area (Å²) in [4.78, 5) is 22.2. The summed E-state index contributed by atoms with van der Waals surface area (Å²) in [7, 11) is 0. The van der Waals surface area contributed by atoms with Crippen LogP contribution in [-0.4, -0.2) is 44.0 Å². The van der Waals surface area contributed by atoms with Crippen LogP contribution < -0.4 is 11.1 Å². The Kier molecular flexibility index (Phi) is 6.29. The smallest absolute Gasteiger partial charge is 0.313 e. The lowest BCUT2D eigenvalue weighted by molar-refractivity contribution is -0.134. The van der Waals surface area contributed by atoms with Crippen LogP contribution in [-0.2, 0) is 16.1 Å². The second kappa shape index (κ2) is 7.73. The van der Waals surface area contributed by atoms with Crippen molar-refractivity contribution in [3.8, 4) is 0 Å². The quantitative estimate of drug-likeness (QED) is 0.586. The number of carboxylic acid groups (broad SMARTS) is 1. The maximum atomic E-state index is 11.6. The van der Waals surface area contributed by atoms with Crippen molar-refractivity contribution in [2.24, 2.45) is 5.92 Å². The number of thioether (sulfide) groups is 1. The first kappa shape index (κ1) is 16.3. The minimum Gasteiger partial charge on any atom is -0.481 e. The van der Waals surface area contributed by atoms with E-state index in [0.717, 1.165) is 11.8 Å². The van der Waals surface area contributed by atoms with Crippen LogP contribution in [0, 0.1) is 5.92 Å². The van der Waals surface area contributed by atoms with E-state index in [1.807, 2.05) is 13.8 Å². The molecule has 4 N–H and O–H groups in total. The van der Waals surface area contributed by atoms with Gasteiger partial charge in [0, 0.05) is 19.5 Å². The van der Waals surface area contributed by atoms with Gasteiger partial charge in [-0.25, -0.2) is 0 Å². The summed E-state index contributed by atoms with van der Waals surface area (Å²) in [5.41, 5.74) is 5.65. The lowest BCUT2D eigenvalue weighted by Crippen LogP contribution is -2.28. The van der Waals surface area contributed by atoms with Crippen LogP contribution in [0.25, 0.3) is 0 Å². The van der Waals surface area contributed by atoms with Gasteiger partial charge < -0.3 is 16.2 Å². The van der Waals surface area contributed by atoms with E-state index in [0.29, 0.717) is 24.2 Å². The van der Waals surface area contributed by atoms with Gasteiger partial charge in [0.2, 0.25) is 11.9 Å². The molecule has 0 atom stereocenters. The second-order valence-corrected chi connectivity index (χ2v) is 5.57. The largest absolute Gasteiger partial charge is 0.481 e. The number of hydrogen-bond acceptors (Lipinski definition) is 6. The molecule has 112 valence electrons. The lowest BCUT2D eigenvalue weighted by Gasteiger charge is -2.09. The van der Waals surface area contributed by atoms with Crippen LogP contribution in [0.5, 0.6) is 0 Å². The number of aliphatic carboxylic acids is 1. The zero-order valence-electron chi connectivity index (χ0n) is 11.5. The van der Waals surface area contributed by atoms with Crippen LogP contribution in [0.2, 0.25) is 0 Å². The summed E-state index contributed by atoms with van der Waals surface area (Å²) in [6.07, 6.45) is 0.246. The van der Waals surface area contributed by atoms with Crippen LogP contribution in [0.15, 0.2) is 5.16 Å². The number of carboxylic acids is 1. The molecule has 0 radical (unpaired) electrons. The van der Waals surface area contributed by atoms with E-state index in [2.05, 4.69) is 15.5 Å². The van der Waals surface area contributed by atoms with Gasteiger partial charge in [-0.05, 0) is 5.92 Å². The third-order valence-corrected chi connectivity index (χ3v) is 3.29. The summed E-state index contributed by atoms with van der Waals surface area (Å²) >= 11 is 1.02. The van der Waals surface area contributed by atoms with E-state index in [1.54, 1.807) is 4.57 Å². The average Bonchev–Trinajstić information content (AvgIpc) is 2.72. The molecule has 8 nitrogen and oxygen atoms in total. The van der Waals surface area contributed by atoms with Crippen molar-refractivity contribution in [2.45, 2.75) is 32.0 Å². The van der Waals surface area contributed by atoms with E-state index >= 15 is 0 Å². The van der Waals surface area contributed by atoms with Gasteiger partial charge in [0.15, 0.2) is 5.16 Å². The SMILES string of the molecule is CC(C)CNC(=O)CCn1c(N)nnc1SCC(=O)O. The fourth-order valence-corrected chi connectivity index (χ4v) is 2.05. The molecule has 1 amide bonds. The fraction of sp³-hybridized carbons (Fsp3) is 0.636. The third-order valence-electron chi connectivity index (χ3n) is 2.34.